The lowest BCUT2D eigenvalue weighted by molar-refractivity contribution is -0.127. The highest BCUT2D eigenvalue weighted by molar-refractivity contribution is 8.00. The van der Waals surface area contributed by atoms with E-state index in [-0.39, 0.29) is 16.9 Å². The van der Waals surface area contributed by atoms with Crippen molar-refractivity contribution in [1.82, 2.24) is 15.8 Å². The summed E-state index contributed by atoms with van der Waals surface area (Å²) in [5, 5.41) is 0. The monoisotopic (exact) mass is 387 g/mol. The fourth-order valence-electron chi connectivity index (χ4n) is 2.45. The van der Waals surface area contributed by atoms with Crippen molar-refractivity contribution in [3.63, 3.8) is 0 Å². The molecule has 2 aromatic carbocycles. The van der Waals surface area contributed by atoms with Crippen molar-refractivity contribution in [2.45, 2.75) is 4.90 Å². The van der Waals surface area contributed by atoms with Crippen LogP contribution in [0.25, 0.3) is 0 Å². The van der Waals surface area contributed by atoms with Crippen LogP contribution in [0.1, 0.15) is 20.7 Å². The lowest BCUT2D eigenvalue weighted by atomic mass is 10.1. The number of thioether (sulfide) groups is 1. The Morgan fingerprint density at radius 2 is 1.44 bits per heavy atom. The number of imide groups is 1. The molecule has 0 bridgehead atoms. The molecule has 1 aliphatic rings. The number of hydrogen-bond acceptors (Lipinski definition) is 5. The van der Waals surface area contributed by atoms with Gasteiger partial charge in [0.15, 0.2) is 0 Å². The van der Waals surface area contributed by atoms with Gasteiger partial charge in [-0.05, 0) is 24.3 Å². The molecule has 0 radical (unpaired) electrons. The number of nitrogens with one attached hydrogen (secondary N) is 2. The summed E-state index contributed by atoms with van der Waals surface area (Å²) >= 11 is 0.975. The molecule has 4 amide bonds. The molecule has 27 heavy (non-hydrogen) atoms. The zero-order valence-corrected chi connectivity index (χ0v) is 14.7. The average Bonchev–Trinajstić information content (AvgIpc) is 2.91. The minimum absolute atomic E-state index is 0.117. The molecule has 2 N–H and O–H groups in total. The van der Waals surface area contributed by atoms with Crippen molar-refractivity contribution in [1.29, 1.82) is 0 Å². The number of halogens is 1. The van der Waals surface area contributed by atoms with Gasteiger partial charge in [-0.1, -0.05) is 24.3 Å². The Labute approximate surface area is 157 Å². The Balaban J connectivity index is 1.48. The maximum Gasteiger partial charge on any atom is 0.262 e. The number of rotatable bonds is 5. The van der Waals surface area contributed by atoms with Gasteiger partial charge in [-0.25, -0.2) is 4.39 Å². The maximum absolute atomic E-state index is 13.5. The Kier molecular flexibility index (Phi) is 5.51. The molecule has 9 heteroatoms. The van der Waals surface area contributed by atoms with Gasteiger partial charge >= 0.3 is 0 Å². The summed E-state index contributed by atoms with van der Waals surface area (Å²) in [5.74, 6) is -2.97. The molecule has 0 atom stereocenters. The van der Waals surface area contributed by atoms with Crippen LogP contribution in [0.5, 0.6) is 0 Å². The van der Waals surface area contributed by atoms with Crippen molar-refractivity contribution in [2.75, 3.05) is 12.3 Å². The van der Waals surface area contributed by atoms with Crippen LogP contribution in [0.3, 0.4) is 0 Å². The molecule has 0 saturated carbocycles. The highest BCUT2D eigenvalue weighted by Gasteiger charge is 2.36. The number of hydrazine groups is 1. The van der Waals surface area contributed by atoms with Gasteiger partial charge in [-0.15, -0.1) is 11.8 Å². The first kappa shape index (κ1) is 18.6. The van der Waals surface area contributed by atoms with E-state index in [1.54, 1.807) is 24.3 Å². The van der Waals surface area contributed by atoms with E-state index in [2.05, 4.69) is 10.9 Å². The molecule has 0 fully saturated rings. The van der Waals surface area contributed by atoms with Gasteiger partial charge in [0, 0.05) is 4.90 Å². The maximum atomic E-state index is 13.5. The van der Waals surface area contributed by atoms with Crippen molar-refractivity contribution in [3.05, 3.63) is 65.5 Å². The van der Waals surface area contributed by atoms with Gasteiger partial charge in [0.25, 0.3) is 17.7 Å². The number of amides is 4. The number of carbonyl (C=O) groups excluding carboxylic acids is 4. The topological polar surface area (TPSA) is 95.6 Å². The van der Waals surface area contributed by atoms with Crippen LogP contribution < -0.4 is 10.9 Å². The zero-order valence-electron chi connectivity index (χ0n) is 13.9. The second-order valence-corrected chi connectivity index (χ2v) is 6.57. The van der Waals surface area contributed by atoms with E-state index in [1.165, 1.54) is 24.3 Å². The van der Waals surface area contributed by atoms with Gasteiger partial charge < -0.3 is 0 Å². The molecule has 0 saturated heterocycles. The summed E-state index contributed by atoms with van der Waals surface area (Å²) < 4.78 is 13.5. The highest BCUT2D eigenvalue weighted by atomic mass is 32.2. The van der Waals surface area contributed by atoms with Crippen LogP contribution in [0.4, 0.5) is 4.39 Å². The first-order valence-corrected chi connectivity index (χ1v) is 8.86. The van der Waals surface area contributed by atoms with Crippen LogP contribution in [-0.4, -0.2) is 40.8 Å². The van der Waals surface area contributed by atoms with Gasteiger partial charge in [-0.2, -0.15) is 0 Å². The van der Waals surface area contributed by atoms with E-state index in [4.69, 9.17) is 0 Å². The average molecular weight is 387 g/mol. The smallest absolute Gasteiger partial charge is 0.262 e. The quantitative estimate of drug-likeness (QED) is 0.459. The van der Waals surface area contributed by atoms with E-state index in [0.717, 1.165) is 16.7 Å². The lowest BCUT2D eigenvalue weighted by Crippen LogP contribution is -2.48. The summed E-state index contributed by atoms with van der Waals surface area (Å²) in [5.41, 5.74) is 4.78. The molecule has 0 aliphatic carbocycles. The lowest BCUT2D eigenvalue weighted by Gasteiger charge is -2.14. The van der Waals surface area contributed by atoms with Gasteiger partial charge in [0.2, 0.25) is 5.91 Å². The Morgan fingerprint density at radius 1 is 0.889 bits per heavy atom. The number of carbonyl (C=O) groups is 4. The fraction of sp³-hybridized carbons (Fsp3) is 0.111. The third kappa shape index (κ3) is 4.14. The molecule has 0 unspecified atom stereocenters. The highest BCUT2D eigenvalue weighted by Crippen LogP contribution is 2.22. The number of hydrogen-bond donors (Lipinski definition) is 2. The molecule has 138 valence electrons. The minimum atomic E-state index is -0.728. The first-order valence-electron chi connectivity index (χ1n) is 7.87. The van der Waals surface area contributed by atoms with Crippen LogP contribution in [0.2, 0.25) is 0 Å². The van der Waals surface area contributed by atoms with E-state index < -0.39 is 36.0 Å². The van der Waals surface area contributed by atoms with Crippen LogP contribution in [0, 0.1) is 5.82 Å². The summed E-state index contributed by atoms with van der Waals surface area (Å²) in [4.78, 5) is 49.2. The molecule has 7 nitrogen and oxygen atoms in total. The first-order chi connectivity index (χ1) is 13.0. The zero-order chi connectivity index (χ0) is 19.4. The predicted molar refractivity (Wildman–Crippen MR) is 95.2 cm³/mol. The Morgan fingerprint density at radius 3 is 2.07 bits per heavy atom. The predicted octanol–water partition coefficient (Wildman–Crippen LogP) is 1.36. The molecule has 0 spiro atoms. The van der Waals surface area contributed by atoms with E-state index in [1.807, 2.05) is 0 Å². The second kappa shape index (κ2) is 8.00. The molecule has 1 aliphatic heterocycles. The fourth-order valence-corrected chi connectivity index (χ4v) is 3.19. The van der Waals surface area contributed by atoms with Crippen molar-refractivity contribution in [3.8, 4) is 0 Å². The van der Waals surface area contributed by atoms with Gasteiger partial charge in [-0.3, -0.25) is 34.9 Å². The van der Waals surface area contributed by atoms with Gasteiger partial charge in [0.05, 0.1) is 16.9 Å². The summed E-state index contributed by atoms with van der Waals surface area (Å²) in [7, 11) is 0. The Bertz CT molecular complexity index is 899. The van der Waals surface area contributed by atoms with Crippen LogP contribution in [-0.2, 0) is 9.59 Å². The van der Waals surface area contributed by atoms with Crippen molar-refractivity contribution >= 4 is 35.4 Å². The van der Waals surface area contributed by atoms with Crippen molar-refractivity contribution in [2.24, 2.45) is 0 Å². The molecular formula is C18H14FN3O4S. The minimum Gasteiger partial charge on any atom is -0.272 e. The van der Waals surface area contributed by atoms with E-state index in [9.17, 15) is 23.6 Å². The SMILES string of the molecule is O=C(CSc1ccccc1F)NNC(=O)CN1C(=O)c2ccccc2C1=O. The molecular weight excluding hydrogens is 373 g/mol. The molecule has 2 aromatic rings. The molecule has 3 rings (SSSR count). The number of fused-ring (bicyclic) bond motifs is 1. The van der Waals surface area contributed by atoms with Gasteiger partial charge in [0.1, 0.15) is 12.4 Å². The normalized spacial score (nSPS) is 12.7. The summed E-state index contributed by atoms with van der Waals surface area (Å²) in [6.45, 7) is -0.521. The standard InChI is InChI=1S/C18H14FN3O4S/c19-13-7-3-4-8-14(13)27-10-16(24)21-20-15(23)9-22-17(25)11-5-1-2-6-12(11)18(22)26/h1-8H,9-10H2,(H,20,23)(H,21,24). The largest absolute Gasteiger partial charge is 0.272 e. The van der Waals surface area contributed by atoms with E-state index >= 15 is 0 Å². The summed E-state index contributed by atoms with van der Waals surface area (Å²) in [6.07, 6.45) is 0. The van der Waals surface area contributed by atoms with Crippen LogP contribution >= 0.6 is 11.8 Å². The summed E-state index contributed by atoms with van der Waals surface area (Å²) in [6, 6.07) is 12.3. The molecule has 1 heterocycles. The second-order valence-electron chi connectivity index (χ2n) is 5.56. The van der Waals surface area contributed by atoms with E-state index in [0.29, 0.717) is 4.90 Å². The number of nitrogens with zero attached hydrogens (tertiary/aromatic N) is 1. The van der Waals surface area contributed by atoms with Crippen molar-refractivity contribution < 1.29 is 23.6 Å². The third-order valence-electron chi connectivity index (χ3n) is 3.72. The molecule has 0 aromatic heterocycles. The number of benzene rings is 2. The Hall–Kier alpha value is -3.20. The van der Waals surface area contributed by atoms with Crippen LogP contribution in [0.15, 0.2) is 53.4 Å². The third-order valence-corrected chi connectivity index (χ3v) is 4.77.